The molecule has 0 unspecified atom stereocenters. The van der Waals surface area contributed by atoms with E-state index in [1.807, 2.05) is 0 Å². The van der Waals surface area contributed by atoms with E-state index in [0.29, 0.717) is 0 Å². The summed E-state index contributed by atoms with van der Waals surface area (Å²) in [5.74, 6) is 0. The first-order chi connectivity index (χ1) is 37.2. The number of aromatic nitrogens is 3. The largest absolute Gasteiger partial charge is 0.309 e. The van der Waals surface area contributed by atoms with Crippen LogP contribution in [0.2, 0.25) is 0 Å². The fraction of sp³-hybridized carbons (Fsp3) is 0. The SMILES string of the molecule is c1ccc(-c2ccc(-n3c4ccc(-c5ccc6c(c5)c5ccccc5n6-c5ccccc5)cc4c4ccccc4c4ccccc4c4cc(-c5ccc6c(c5)c5ccccc5n6-c5ccccc5)ccc43)cc2)cc1. The standard InChI is InChI=1S/C72H47N3/c1-4-18-48(19-5-1)49-32-38-56(39-33-49)75-69-40-34-50(52-36-42-71-65(46-52)61-28-14-16-30-67(61)73(71)54-20-6-2-7-21-54)44-63(69)59-26-12-10-24-57(59)58-25-11-13-27-60(58)64-45-51(35-41-70(64)75)53-37-43-72-66(47-53)62-29-15-17-31-68(62)74(72)55-22-8-3-9-23-55/h1-47H. The lowest BCUT2D eigenvalue weighted by atomic mass is 9.97. The third kappa shape index (κ3) is 6.97. The molecule has 15 rings (SSSR count). The minimum atomic E-state index is 1.08. The maximum absolute atomic E-state index is 2.50. The van der Waals surface area contributed by atoms with Gasteiger partial charge in [-0.15, -0.1) is 0 Å². The number of rotatable bonds is 6. The molecule has 3 heterocycles. The zero-order chi connectivity index (χ0) is 49.4. The van der Waals surface area contributed by atoms with Crippen LogP contribution in [-0.4, -0.2) is 13.7 Å². The number of fused-ring (bicyclic) bond motifs is 13. The molecule has 0 aliphatic carbocycles. The fourth-order valence-corrected chi connectivity index (χ4v) is 12.0. The van der Waals surface area contributed by atoms with Crippen LogP contribution >= 0.6 is 0 Å². The van der Waals surface area contributed by atoms with Crippen LogP contribution in [0.25, 0.3) is 137 Å². The first kappa shape index (κ1) is 42.7. The highest BCUT2D eigenvalue weighted by atomic mass is 15.0. The van der Waals surface area contributed by atoms with Gasteiger partial charge in [0.15, 0.2) is 0 Å². The van der Waals surface area contributed by atoms with Crippen molar-refractivity contribution in [1.29, 1.82) is 0 Å². The van der Waals surface area contributed by atoms with E-state index in [-0.39, 0.29) is 0 Å². The Hall–Kier alpha value is -9.96. The Bertz CT molecular complexity index is 4520. The van der Waals surface area contributed by atoms with Gasteiger partial charge in [0.25, 0.3) is 0 Å². The summed E-state index contributed by atoms with van der Waals surface area (Å²) < 4.78 is 7.27. The summed E-state index contributed by atoms with van der Waals surface area (Å²) >= 11 is 0. The van der Waals surface area contributed by atoms with Gasteiger partial charge < -0.3 is 13.7 Å². The number of para-hydroxylation sites is 4. The topological polar surface area (TPSA) is 14.8 Å². The molecule has 75 heavy (non-hydrogen) atoms. The zero-order valence-electron chi connectivity index (χ0n) is 41.0. The highest BCUT2D eigenvalue weighted by molar-refractivity contribution is 6.21. The molecular weight excluding hydrogens is 907 g/mol. The Balaban J connectivity index is 1.01. The van der Waals surface area contributed by atoms with Crippen LogP contribution in [0.4, 0.5) is 0 Å². The zero-order valence-corrected chi connectivity index (χ0v) is 41.0. The average molecular weight is 954 g/mol. The van der Waals surface area contributed by atoms with E-state index in [1.165, 1.54) is 87.4 Å². The molecule has 3 heteroatoms. The minimum absolute atomic E-state index is 1.08. The van der Waals surface area contributed by atoms with Gasteiger partial charge in [-0.05, 0) is 152 Å². The Morgan fingerprint density at radius 2 is 0.387 bits per heavy atom. The van der Waals surface area contributed by atoms with E-state index in [4.69, 9.17) is 0 Å². The van der Waals surface area contributed by atoms with Crippen molar-refractivity contribution in [2.45, 2.75) is 0 Å². The van der Waals surface area contributed by atoms with Crippen molar-refractivity contribution >= 4 is 87.0 Å². The third-order valence-electron chi connectivity index (χ3n) is 15.5. The van der Waals surface area contributed by atoms with Crippen LogP contribution in [0.3, 0.4) is 0 Å². The highest BCUT2D eigenvalue weighted by Gasteiger charge is 2.18. The van der Waals surface area contributed by atoms with Crippen LogP contribution in [-0.2, 0) is 0 Å². The summed E-state index contributed by atoms with van der Waals surface area (Å²) in [5.41, 5.74) is 17.4. The third-order valence-corrected chi connectivity index (χ3v) is 15.5. The molecule has 0 saturated heterocycles. The van der Waals surface area contributed by atoms with Crippen LogP contribution in [0, 0.1) is 0 Å². The van der Waals surface area contributed by atoms with Crippen molar-refractivity contribution in [1.82, 2.24) is 13.7 Å². The summed E-state index contributed by atoms with van der Waals surface area (Å²) in [6.45, 7) is 0. The van der Waals surface area contributed by atoms with Gasteiger partial charge in [-0.2, -0.15) is 0 Å². The molecule has 0 radical (unpaired) electrons. The van der Waals surface area contributed by atoms with Crippen LogP contribution < -0.4 is 0 Å². The van der Waals surface area contributed by atoms with E-state index >= 15 is 0 Å². The second kappa shape index (κ2) is 17.4. The molecule has 350 valence electrons. The average Bonchev–Trinajstić information content (AvgIpc) is 4.03. The lowest BCUT2D eigenvalue weighted by molar-refractivity contribution is 1.17. The predicted octanol–water partition coefficient (Wildman–Crippen LogP) is 19.4. The smallest absolute Gasteiger partial charge is 0.0541 e. The first-order valence-corrected chi connectivity index (χ1v) is 25.8. The van der Waals surface area contributed by atoms with Gasteiger partial charge in [-0.25, -0.2) is 0 Å². The lowest BCUT2D eigenvalue weighted by Crippen LogP contribution is -1.98. The van der Waals surface area contributed by atoms with E-state index in [2.05, 4.69) is 299 Å². The van der Waals surface area contributed by atoms with Gasteiger partial charge in [0.1, 0.15) is 0 Å². The molecule has 0 atom stereocenters. The van der Waals surface area contributed by atoms with Crippen LogP contribution in [0.15, 0.2) is 285 Å². The molecular formula is C72H47N3. The Morgan fingerprint density at radius 1 is 0.147 bits per heavy atom. The van der Waals surface area contributed by atoms with Gasteiger partial charge in [0, 0.05) is 49.4 Å². The van der Waals surface area contributed by atoms with E-state index in [0.717, 1.165) is 50.0 Å². The van der Waals surface area contributed by atoms with Crippen molar-refractivity contribution in [3.63, 3.8) is 0 Å². The van der Waals surface area contributed by atoms with Gasteiger partial charge in [0.05, 0.1) is 33.1 Å². The molecule has 0 amide bonds. The normalized spacial score (nSPS) is 11.7. The van der Waals surface area contributed by atoms with E-state index in [9.17, 15) is 0 Å². The molecule has 3 aromatic heterocycles. The number of hydrogen-bond acceptors (Lipinski definition) is 0. The lowest BCUT2D eigenvalue weighted by Gasteiger charge is -2.16. The molecule has 0 saturated carbocycles. The molecule has 0 aliphatic heterocycles. The summed E-state index contributed by atoms with van der Waals surface area (Å²) in [5, 5.41) is 12.0. The minimum Gasteiger partial charge on any atom is -0.309 e. The van der Waals surface area contributed by atoms with Crippen LogP contribution in [0.1, 0.15) is 0 Å². The Morgan fingerprint density at radius 3 is 0.760 bits per heavy atom. The van der Waals surface area contributed by atoms with Crippen molar-refractivity contribution in [2.75, 3.05) is 0 Å². The van der Waals surface area contributed by atoms with Gasteiger partial charge in [0.2, 0.25) is 0 Å². The van der Waals surface area contributed by atoms with Crippen molar-refractivity contribution < 1.29 is 0 Å². The molecule has 15 aromatic rings. The Kier molecular flexibility index (Phi) is 9.89. The van der Waals surface area contributed by atoms with Crippen molar-refractivity contribution in [2.24, 2.45) is 0 Å². The maximum Gasteiger partial charge on any atom is 0.0541 e. The molecule has 3 nitrogen and oxygen atoms in total. The molecule has 0 aliphatic rings. The highest BCUT2D eigenvalue weighted by Crippen LogP contribution is 2.41. The molecule has 0 spiro atoms. The van der Waals surface area contributed by atoms with E-state index in [1.54, 1.807) is 0 Å². The maximum atomic E-state index is 2.50. The van der Waals surface area contributed by atoms with Gasteiger partial charge in [-0.1, -0.05) is 188 Å². The van der Waals surface area contributed by atoms with Crippen molar-refractivity contribution in [3.8, 4) is 50.4 Å². The van der Waals surface area contributed by atoms with Gasteiger partial charge in [-0.3, -0.25) is 0 Å². The fourth-order valence-electron chi connectivity index (χ4n) is 12.0. The monoisotopic (exact) mass is 953 g/mol. The quantitative estimate of drug-likeness (QED) is 0.158. The van der Waals surface area contributed by atoms with Crippen molar-refractivity contribution in [3.05, 3.63) is 285 Å². The van der Waals surface area contributed by atoms with Crippen LogP contribution in [0.5, 0.6) is 0 Å². The predicted molar refractivity (Wildman–Crippen MR) is 318 cm³/mol. The summed E-state index contributed by atoms with van der Waals surface area (Å²) in [7, 11) is 0. The summed E-state index contributed by atoms with van der Waals surface area (Å²) in [6, 6.07) is 105. The first-order valence-electron chi connectivity index (χ1n) is 25.8. The summed E-state index contributed by atoms with van der Waals surface area (Å²) in [4.78, 5) is 0. The number of hydrogen-bond donors (Lipinski definition) is 0. The molecule has 12 aromatic carbocycles. The molecule has 0 bridgehead atoms. The van der Waals surface area contributed by atoms with E-state index < -0.39 is 0 Å². The second-order valence-electron chi connectivity index (χ2n) is 19.6. The summed E-state index contributed by atoms with van der Waals surface area (Å²) in [6.07, 6.45) is 0. The van der Waals surface area contributed by atoms with Gasteiger partial charge >= 0.3 is 0 Å². The second-order valence-corrected chi connectivity index (χ2v) is 19.6. The Labute approximate surface area is 434 Å². The molecule has 0 fully saturated rings. The number of benzene rings is 12. The molecule has 0 N–H and O–H groups in total. The number of nitrogens with zero attached hydrogens (tertiary/aromatic N) is 3.